The second-order valence-corrected chi connectivity index (χ2v) is 7.66. The van der Waals surface area contributed by atoms with E-state index in [-0.39, 0.29) is 40.1 Å². The Morgan fingerprint density at radius 2 is 1.92 bits per heavy atom. The Balaban J connectivity index is 1.48. The summed E-state index contributed by atoms with van der Waals surface area (Å²) in [4.78, 5) is 33.1. The maximum absolute atomic E-state index is 12.8. The molecule has 2 bridgehead atoms. The van der Waals surface area contributed by atoms with Gasteiger partial charge in [-0.1, -0.05) is 23.2 Å². The van der Waals surface area contributed by atoms with Gasteiger partial charge in [-0.15, -0.1) is 0 Å². The molecule has 0 spiro atoms. The van der Waals surface area contributed by atoms with Gasteiger partial charge in [0.15, 0.2) is 0 Å². The van der Waals surface area contributed by atoms with E-state index in [1.54, 1.807) is 4.90 Å². The Morgan fingerprint density at radius 1 is 1.16 bits per heavy atom. The molecule has 0 aromatic carbocycles. The zero-order valence-electron chi connectivity index (χ0n) is 13.7. The molecule has 4 heterocycles. The third kappa shape index (κ3) is 3.23. The summed E-state index contributed by atoms with van der Waals surface area (Å²) in [5.41, 5.74) is 0.329. The van der Waals surface area contributed by atoms with E-state index < -0.39 is 0 Å². The predicted octanol–water partition coefficient (Wildman–Crippen LogP) is 2.24. The van der Waals surface area contributed by atoms with E-state index in [0.29, 0.717) is 25.1 Å². The molecule has 8 heteroatoms. The fourth-order valence-electron chi connectivity index (χ4n) is 3.99. The summed E-state index contributed by atoms with van der Waals surface area (Å²) in [6.07, 6.45) is 3.88. The Kier molecular flexibility index (Phi) is 4.60. The van der Waals surface area contributed by atoms with Crippen molar-refractivity contribution in [2.45, 2.75) is 31.5 Å². The number of likely N-dealkylation sites (tertiary alicyclic amines) is 2. The minimum atomic E-state index is -0.241. The number of halogens is 2. The molecule has 6 nitrogen and oxygen atoms in total. The normalized spacial score (nSPS) is 28.5. The lowest BCUT2D eigenvalue weighted by atomic mass is 9.99. The summed E-state index contributed by atoms with van der Waals surface area (Å²) in [6.45, 7) is 2.54. The number of fused-ring (bicyclic) bond motifs is 2. The third-order valence-corrected chi connectivity index (χ3v) is 5.75. The van der Waals surface area contributed by atoms with Crippen molar-refractivity contribution >= 4 is 35.0 Å². The van der Waals surface area contributed by atoms with Crippen molar-refractivity contribution in [3.8, 4) is 0 Å². The highest BCUT2D eigenvalue weighted by atomic mass is 35.5. The zero-order chi connectivity index (χ0) is 17.6. The summed E-state index contributed by atoms with van der Waals surface area (Å²) in [7, 11) is 0. The maximum atomic E-state index is 12.8. The number of amides is 2. The van der Waals surface area contributed by atoms with Gasteiger partial charge in [-0.3, -0.25) is 9.59 Å². The fourth-order valence-corrected chi connectivity index (χ4v) is 4.44. The molecule has 4 rings (SSSR count). The summed E-state index contributed by atoms with van der Waals surface area (Å²) < 4.78 is 5.95. The monoisotopic (exact) mass is 383 g/mol. The first-order valence-corrected chi connectivity index (χ1v) is 9.33. The van der Waals surface area contributed by atoms with Crippen LogP contribution in [-0.4, -0.2) is 65.0 Å². The Labute approximate surface area is 156 Å². The first kappa shape index (κ1) is 17.1. The number of hydrogen-bond donors (Lipinski definition) is 0. The van der Waals surface area contributed by atoms with Crippen molar-refractivity contribution in [1.29, 1.82) is 0 Å². The van der Waals surface area contributed by atoms with Crippen LogP contribution in [0.1, 0.15) is 29.6 Å². The van der Waals surface area contributed by atoms with Crippen molar-refractivity contribution in [3.63, 3.8) is 0 Å². The molecule has 0 saturated carbocycles. The number of ether oxygens (including phenoxy) is 1. The van der Waals surface area contributed by atoms with Gasteiger partial charge in [0, 0.05) is 32.4 Å². The molecule has 3 saturated heterocycles. The molecule has 1 aromatic heterocycles. The number of pyridine rings is 1. The molecule has 25 heavy (non-hydrogen) atoms. The van der Waals surface area contributed by atoms with E-state index in [4.69, 9.17) is 27.9 Å². The van der Waals surface area contributed by atoms with E-state index in [1.165, 1.54) is 12.3 Å². The molecule has 1 aromatic rings. The largest absolute Gasteiger partial charge is 0.370 e. The third-order valence-electron chi connectivity index (χ3n) is 5.23. The van der Waals surface area contributed by atoms with E-state index >= 15 is 0 Å². The average Bonchev–Trinajstić information content (AvgIpc) is 3.21. The van der Waals surface area contributed by atoms with Gasteiger partial charge in [-0.25, -0.2) is 4.98 Å². The Hall–Kier alpha value is -1.37. The first-order chi connectivity index (χ1) is 12.0. The van der Waals surface area contributed by atoms with Crippen molar-refractivity contribution in [2.75, 3.05) is 26.2 Å². The van der Waals surface area contributed by atoms with Crippen LogP contribution in [0.3, 0.4) is 0 Å². The van der Waals surface area contributed by atoms with Gasteiger partial charge in [-0.05, 0) is 25.3 Å². The number of nitrogens with zero attached hydrogens (tertiary/aromatic N) is 3. The van der Waals surface area contributed by atoms with Crippen LogP contribution in [0.5, 0.6) is 0 Å². The number of hydrogen-bond acceptors (Lipinski definition) is 4. The summed E-state index contributed by atoms with van der Waals surface area (Å²) in [5.74, 6) is -0.174. The van der Waals surface area contributed by atoms with Crippen LogP contribution in [0.25, 0.3) is 0 Å². The van der Waals surface area contributed by atoms with Crippen LogP contribution in [0.2, 0.25) is 10.2 Å². The highest BCUT2D eigenvalue weighted by Crippen LogP contribution is 2.35. The maximum Gasteiger partial charge on any atom is 0.257 e. The molecule has 3 fully saturated rings. The lowest BCUT2D eigenvalue weighted by Gasteiger charge is -2.33. The van der Waals surface area contributed by atoms with Crippen LogP contribution in [0.15, 0.2) is 12.3 Å². The van der Waals surface area contributed by atoms with Crippen molar-refractivity contribution in [3.05, 3.63) is 28.0 Å². The SMILES string of the molecule is O=C(c1cnc(Cl)cc1Cl)N1CC2CC(C(=O)N3CCCC3)C(C1)O2. The molecular formula is C17H19Cl2N3O3. The zero-order valence-corrected chi connectivity index (χ0v) is 15.2. The van der Waals surface area contributed by atoms with E-state index in [1.807, 2.05) is 4.90 Å². The molecule has 3 unspecified atom stereocenters. The molecular weight excluding hydrogens is 365 g/mol. The molecule has 3 atom stereocenters. The van der Waals surface area contributed by atoms with Crippen LogP contribution in [-0.2, 0) is 9.53 Å². The van der Waals surface area contributed by atoms with Crippen LogP contribution >= 0.6 is 23.2 Å². The number of carbonyl (C=O) groups is 2. The second-order valence-electron chi connectivity index (χ2n) is 6.87. The lowest BCUT2D eigenvalue weighted by molar-refractivity contribution is -0.137. The van der Waals surface area contributed by atoms with E-state index in [9.17, 15) is 9.59 Å². The van der Waals surface area contributed by atoms with E-state index in [2.05, 4.69) is 4.98 Å². The number of aromatic nitrogens is 1. The topological polar surface area (TPSA) is 62.7 Å². The highest BCUT2D eigenvalue weighted by molar-refractivity contribution is 6.36. The number of rotatable bonds is 2. The minimum absolute atomic E-state index is 0.0988. The number of carbonyl (C=O) groups excluding carboxylic acids is 2. The molecule has 0 N–H and O–H groups in total. The quantitative estimate of drug-likeness (QED) is 0.734. The van der Waals surface area contributed by atoms with Gasteiger partial charge in [0.1, 0.15) is 5.15 Å². The molecule has 3 aliphatic heterocycles. The summed E-state index contributed by atoms with van der Waals surface area (Å²) >= 11 is 11.9. The van der Waals surface area contributed by atoms with Crippen LogP contribution in [0.4, 0.5) is 0 Å². The molecule has 0 radical (unpaired) electrons. The van der Waals surface area contributed by atoms with Gasteiger partial charge in [-0.2, -0.15) is 0 Å². The standard InChI is InChI=1S/C17H19Cl2N3O3/c18-13-6-15(19)20-7-12(13)17(24)22-8-10-5-11(14(9-22)25-10)16(23)21-3-1-2-4-21/h6-7,10-11,14H,1-5,8-9H2. The van der Waals surface area contributed by atoms with Gasteiger partial charge in [0.25, 0.3) is 5.91 Å². The smallest absolute Gasteiger partial charge is 0.257 e. The van der Waals surface area contributed by atoms with E-state index in [0.717, 1.165) is 25.9 Å². The van der Waals surface area contributed by atoms with Gasteiger partial charge >= 0.3 is 0 Å². The first-order valence-electron chi connectivity index (χ1n) is 8.57. The second kappa shape index (κ2) is 6.74. The molecule has 3 aliphatic rings. The van der Waals surface area contributed by atoms with Gasteiger partial charge < -0.3 is 14.5 Å². The fraction of sp³-hybridized carbons (Fsp3) is 0.588. The minimum Gasteiger partial charge on any atom is -0.370 e. The summed E-state index contributed by atoms with van der Waals surface area (Å²) in [5, 5.41) is 0.536. The predicted molar refractivity (Wildman–Crippen MR) is 92.7 cm³/mol. The molecule has 2 amide bonds. The van der Waals surface area contributed by atoms with Crippen molar-refractivity contribution < 1.29 is 14.3 Å². The lowest BCUT2D eigenvalue weighted by Crippen LogP contribution is -2.48. The Bertz CT molecular complexity index is 708. The molecule has 0 aliphatic carbocycles. The van der Waals surface area contributed by atoms with Crippen molar-refractivity contribution in [2.24, 2.45) is 5.92 Å². The summed E-state index contributed by atoms with van der Waals surface area (Å²) in [6, 6.07) is 1.46. The van der Waals surface area contributed by atoms with Crippen LogP contribution < -0.4 is 0 Å². The van der Waals surface area contributed by atoms with Crippen molar-refractivity contribution in [1.82, 2.24) is 14.8 Å². The average molecular weight is 384 g/mol. The molecule has 134 valence electrons. The van der Waals surface area contributed by atoms with Crippen LogP contribution in [0, 0.1) is 5.92 Å². The Morgan fingerprint density at radius 3 is 2.64 bits per heavy atom. The number of morpholine rings is 1. The van der Waals surface area contributed by atoms with Gasteiger partial charge in [0.05, 0.1) is 28.7 Å². The van der Waals surface area contributed by atoms with Gasteiger partial charge in [0.2, 0.25) is 5.91 Å². The highest BCUT2D eigenvalue weighted by Gasteiger charge is 2.47.